The smallest absolute Gasteiger partial charge is 0.357 e. The highest BCUT2D eigenvalue weighted by molar-refractivity contribution is 5.56. The largest absolute Gasteiger partial charge is 0.417 e. The van der Waals surface area contributed by atoms with Gasteiger partial charge in [-0.1, -0.05) is 0 Å². The van der Waals surface area contributed by atoms with Gasteiger partial charge in [0.05, 0.1) is 17.6 Å². The Morgan fingerprint density at radius 1 is 1.07 bits per heavy atom. The number of pyridine rings is 2. The first-order chi connectivity index (χ1) is 14.4. The van der Waals surface area contributed by atoms with Gasteiger partial charge in [-0.2, -0.15) is 13.2 Å². The molecule has 0 unspecified atom stereocenters. The number of aromatic nitrogens is 4. The van der Waals surface area contributed by atoms with E-state index >= 15 is 0 Å². The molecule has 4 heterocycles. The summed E-state index contributed by atoms with van der Waals surface area (Å²) in [6.45, 7) is 1.92. The Kier molecular flexibility index (Phi) is 5.52. The molecule has 3 aromatic rings. The third-order valence-corrected chi connectivity index (χ3v) is 5.31. The minimum atomic E-state index is -4.38. The van der Waals surface area contributed by atoms with Crippen LogP contribution < -0.4 is 10.5 Å². The van der Waals surface area contributed by atoms with E-state index in [9.17, 15) is 18.0 Å². The lowest BCUT2D eigenvalue weighted by Gasteiger charge is -2.33. The van der Waals surface area contributed by atoms with E-state index in [1.165, 1.54) is 12.1 Å². The predicted molar refractivity (Wildman–Crippen MR) is 106 cm³/mol. The number of hydrogen-bond acceptors (Lipinski definition) is 5. The Morgan fingerprint density at radius 2 is 1.87 bits per heavy atom. The van der Waals surface area contributed by atoms with Gasteiger partial charge in [0.2, 0.25) is 0 Å². The second-order valence-electron chi connectivity index (χ2n) is 7.34. The fourth-order valence-electron chi connectivity index (χ4n) is 3.60. The third-order valence-electron chi connectivity index (χ3n) is 5.31. The number of alkyl halides is 3. The monoisotopic (exact) mass is 415 g/mol. The van der Waals surface area contributed by atoms with Crippen molar-refractivity contribution in [1.82, 2.24) is 19.5 Å². The SMILES string of the molecule is O=c1cc(-c2cccnc2)ncn1CC1CCN(c2ccc(C(F)(F)F)cn2)CC1. The Labute approximate surface area is 171 Å². The first kappa shape index (κ1) is 20.1. The van der Waals surface area contributed by atoms with Crippen LogP contribution in [-0.2, 0) is 12.7 Å². The maximum atomic E-state index is 12.7. The average Bonchev–Trinajstić information content (AvgIpc) is 2.76. The summed E-state index contributed by atoms with van der Waals surface area (Å²) in [5.41, 5.74) is 0.519. The highest BCUT2D eigenvalue weighted by atomic mass is 19.4. The van der Waals surface area contributed by atoms with E-state index in [2.05, 4.69) is 15.0 Å². The van der Waals surface area contributed by atoms with Crippen LogP contribution in [0.25, 0.3) is 11.3 Å². The van der Waals surface area contributed by atoms with E-state index in [1.54, 1.807) is 29.4 Å². The summed E-state index contributed by atoms with van der Waals surface area (Å²) < 4.78 is 39.7. The second-order valence-corrected chi connectivity index (χ2v) is 7.34. The van der Waals surface area contributed by atoms with Crippen molar-refractivity contribution in [1.29, 1.82) is 0 Å². The van der Waals surface area contributed by atoms with Gasteiger partial charge in [-0.05, 0) is 43.0 Å². The summed E-state index contributed by atoms with van der Waals surface area (Å²) in [4.78, 5) is 26.8. The van der Waals surface area contributed by atoms with Crippen LogP contribution in [0.1, 0.15) is 18.4 Å². The van der Waals surface area contributed by atoms with Gasteiger partial charge in [0.15, 0.2) is 0 Å². The van der Waals surface area contributed by atoms with E-state index < -0.39 is 11.7 Å². The molecule has 0 spiro atoms. The van der Waals surface area contributed by atoms with Gasteiger partial charge < -0.3 is 4.90 Å². The van der Waals surface area contributed by atoms with E-state index in [0.29, 0.717) is 37.1 Å². The van der Waals surface area contributed by atoms with Crippen molar-refractivity contribution in [2.75, 3.05) is 18.0 Å². The maximum Gasteiger partial charge on any atom is 0.417 e. The highest BCUT2D eigenvalue weighted by Crippen LogP contribution is 2.30. The fourth-order valence-corrected chi connectivity index (χ4v) is 3.60. The van der Waals surface area contributed by atoms with Crippen molar-refractivity contribution in [3.8, 4) is 11.3 Å². The van der Waals surface area contributed by atoms with Crippen molar-refractivity contribution >= 4 is 5.82 Å². The molecule has 9 heteroatoms. The zero-order chi connectivity index (χ0) is 21.1. The second kappa shape index (κ2) is 8.25. The van der Waals surface area contributed by atoms with Gasteiger partial charge >= 0.3 is 6.18 Å². The lowest BCUT2D eigenvalue weighted by molar-refractivity contribution is -0.137. The maximum absolute atomic E-state index is 12.7. The predicted octanol–water partition coefficient (Wildman–Crippen LogP) is 3.64. The summed E-state index contributed by atoms with van der Waals surface area (Å²) >= 11 is 0. The lowest BCUT2D eigenvalue weighted by Crippen LogP contribution is -2.36. The van der Waals surface area contributed by atoms with Gasteiger partial charge in [-0.25, -0.2) is 9.97 Å². The highest BCUT2D eigenvalue weighted by Gasteiger charge is 2.31. The van der Waals surface area contributed by atoms with Gasteiger partial charge in [-0.15, -0.1) is 0 Å². The molecule has 0 N–H and O–H groups in total. The molecule has 4 rings (SSSR count). The standard InChI is InChI=1S/C21H20F3N5O/c22-21(23,24)17-3-4-19(26-12-17)28-8-5-15(6-9-28)13-29-14-27-18(10-20(29)30)16-2-1-7-25-11-16/h1-4,7,10-12,14-15H,5-6,8-9,13H2. The molecular weight excluding hydrogens is 395 g/mol. The van der Waals surface area contributed by atoms with Crippen LogP contribution in [0, 0.1) is 5.92 Å². The van der Waals surface area contributed by atoms with Crippen molar-refractivity contribution in [3.05, 3.63) is 71.2 Å². The van der Waals surface area contributed by atoms with Gasteiger partial charge in [-0.3, -0.25) is 14.3 Å². The molecule has 0 saturated carbocycles. The number of nitrogens with zero attached hydrogens (tertiary/aromatic N) is 5. The molecule has 1 fully saturated rings. The van der Waals surface area contributed by atoms with E-state index in [0.717, 1.165) is 30.7 Å². The van der Waals surface area contributed by atoms with Crippen molar-refractivity contribution < 1.29 is 13.2 Å². The number of anilines is 1. The quantitative estimate of drug-likeness (QED) is 0.651. The number of piperidine rings is 1. The molecule has 3 aromatic heterocycles. The minimum Gasteiger partial charge on any atom is -0.357 e. The van der Waals surface area contributed by atoms with Gasteiger partial charge in [0.25, 0.3) is 5.56 Å². The summed E-state index contributed by atoms with van der Waals surface area (Å²) in [6, 6.07) is 7.63. The van der Waals surface area contributed by atoms with Crippen LogP contribution in [0.15, 0.2) is 60.0 Å². The Morgan fingerprint density at radius 3 is 2.47 bits per heavy atom. The van der Waals surface area contributed by atoms with Gasteiger partial charge in [0, 0.05) is 49.9 Å². The molecule has 0 atom stereocenters. The van der Waals surface area contributed by atoms with Crippen molar-refractivity contribution in [3.63, 3.8) is 0 Å². The van der Waals surface area contributed by atoms with Crippen molar-refractivity contribution in [2.45, 2.75) is 25.6 Å². The van der Waals surface area contributed by atoms with Gasteiger partial charge in [0.1, 0.15) is 5.82 Å². The molecule has 30 heavy (non-hydrogen) atoms. The molecule has 0 aromatic carbocycles. The summed E-state index contributed by atoms with van der Waals surface area (Å²) in [5, 5.41) is 0. The molecule has 156 valence electrons. The molecule has 0 radical (unpaired) electrons. The van der Waals surface area contributed by atoms with Crippen LogP contribution in [-0.4, -0.2) is 32.6 Å². The summed E-state index contributed by atoms with van der Waals surface area (Å²) in [5.74, 6) is 0.834. The molecular formula is C21H20F3N5O. The van der Waals surface area contributed by atoms with E-state index in [-0.39, 0.29) is 5.56 Å². The normalized spacial score (nSPS) is 15.4. The van der Waals surface area contributed by atoms with Crippen LogP contribution >= 0.6 is 0 Å². The summed E-state index contributed by atoms with van der Waals surface area (Å²) in [6.07, 6.45) is 3.02. The first-order valence-corrected chi connectivity index (χ1v) is 9.65. The number of halogens is 3. The zero-order valence-electron chi connectivity index (χ0n) is 16.1. The molecule has 0 amide bonds. The fraction of sp³-hybridized carbons (Fsp3) is 0.333. The van der Waals surface area contributed by atoms with Crippen LogP contribution in [0.2, 0.25) is 0 Å². The van der Waals surface area contributed by atoms with Crippen molar-refractivity contribution in [2.24, 2.45) is 5.92 Å². The Balaban J connectivity index is 1.36. The lowest BCUT2D eigenvalue weighted by atomic mass is 9.96. The van der Waals surface area contributed by atoms with E-state index in [1.807, 2.05) is 11.0 Å². The number of hydrogen-bond donors (Lipinski definition) is 0. The molecule has 1 aliphatic heterocycles. The number of rotatable bonds is 4. The topological polar surface area (TPSA) is 63.9 Å². The molecule has 1 saturated heterocycles. The molecule has 0 bridgehead atoms. The Bertz CT molecular complexity index is 1040. The zero-order valence-corrected chi connectivity index (χ0v) is 16.1. The van der Waals surface area contributed by atoms with E-state index in [4.69, 9.17) is 0 Å². The first-order valence-electron chi connectivity index (χ1n) is 9.65. The van der Waals surface area contributed by atoms with Crippen LogP contribution in [0.3, 0.4) is 0 Å². The van der Waals surface area contributed by atoms with Crippen LogP contribution in [0.5, 0.6) is 0 Å². The molecule has 6 nitrogen and oxygen atoms in total. The third kappa shape index (κ3) is 4.50. The van der Waals surface area contributed by atoms with Crippen LogP contribution in [0.4, 0.5) is 19.0 Å². The molecule has 0 aliphatic carbocycles. The molecule has 1 aliphatic rings. The summed E-state index contributed by atoms with van der Waals surface area (Å²) in [7, 11) is 0. The average molecular weight is 415 g/mol. The minimum absolute atomic E-state index is 0.115. The Hall–Kier alpha value is -3.23.